The fourth-order valence-electron chi connectivity index (χ4n) is 2.90. The van der Waals surface area contributed by atoms with Crippen LogP contribution >= 0.6 is 11.8 Å². The maximum Gasteiger partial charge on any atom is 0.254 e. The number of aromatic nitrogens is 1. The van der Waals surface area contributed by atoms with Gasteiger partial charge in [-0.1, -0.05) is 23.9 Å². The highest BCUT2D eigenvalue weighted by Gasteiger charge is 2.15. The van der Waals surface area contributed by atoms with Crippen molar-refractivity contribution in [1.82, 2.24) is 10.3 Å². The van der Waals surface area contributed by atoms with Gasteiger partial charge < -0.3 is 15.4 Å². The average Bonchev–Trinajstić information content (AvgIpc) is 2.75. The number of anilines is 1. The van der Waals surface area contributed by atoms with Gasteiger partial charge in [0, 0.05) is 11.1 Å². The SMILES string of the molecule is COc1ccc(C)cc1NC(=O)CNC(=O)c1cccnc1Sc1ccc(C)c(C)c1. The molecule has 3 aromatic rings. The van der Waals surface area contributed by atoms with Crippen LogP contribution in [-0.4, -0.2) is 30.5 Å². The van der Waals surface area contributed by atoms with E-state index in [4.69, 9.17) is 4.74 Å². The zero-order chi connectivity index (χ0) is 22.4. The third-order valence-corrected chi connectivity index (χ3v) is 5.76. The molecule has 1 aromatic heterocycles. The Morgan fingerprint density at radius 1 is 1.03 bits per heavy atom. The van der Waals surface area contributed by atoms with E-state index in [1.807, 2.05) is 38.1 Å². The molecular formula is C24H25N3O3S. The molecule has 1 heterocycles. The van der Waals surface area contributed by atoms with Crippen molar-refractivity contribution < 1.29 is 14.3 Å². The molecule has 31 heavy (non-hydrogen) atoms. The lowest BCUT2D eigenvalue weighted by Gasteiger charge is -2.12. The molecule has 0 aliphatic heterocycles. The third-order valence-electron chi connectivity index (χ3n) is 4.75. The molecule has 160 valence electrons. The van der Waals surface area contributed by atoms with Crippen LogP contribution in [0, 0.1) is 20.8 Å². The minimum absolute atomic E-state index is 0.168. The maximum atomic E-state index is 12.7. The molecule has 0 saturated carbocycles. The van der Waals surface area contributed by atoms with E-state index in [0.717, 1.165) is 10.5 Å². The topological polar surface area (TPSA) is 80.3 Å². The number of carbonyl (C=O) groups is 2. The summed E-state index contributed by atoms with van der Waals surface area (Å²) in [6.07, 6.45) is 1.65. The summed E-state index contributed by atoms with van der Waals surface area (Å²) >= 11 is 1.42. The Hall–Kier alpha value is -3.32. The number of ether oxygens (including phenoxy) is 1. The van der Waals surface area contributed by atoms with E-state index in [1.165, 1.54) is 22.9 Å². The molecule has 7 heteroatoms. The van der Waals surface area contributed by atoms with Crippen LogP contribution in [-0.2, 0) is 4.79 Å². The molecule has 6 nitrogen and oxygen atoms in total. The van der Waals surface area contributed by atoms with Gasteiger partial charge in [0.25, 0.3) is 5.91 Å². The summed E-state index contributed by atoms with van der Waals surface area (Å²) < 4.78 is 5.27. The van der Waals surface area contributed by atoms with Crippen LogP contribution in [0.4, 0.5) is 5.69 Å². The number of nitrogens with zero attached hydrogens (tertiary/aromatic N) is 1. The molecule has 0 atom stereocenters. The summed E-state index contributed by atoms with van der Waals surface area (Å²) in [4.78, 5) is 30.5. The Bertz CT molecular complexity index is 1110. The highest BCUT2D eigenvalue weighted by molar-refractivity contribution is 7.99. The van der Waals surface area contributed by atoms with Crippen molar-refractivity contribution in [3.05, 3.63) is 77.0 Å². The second-order valence-corrected chi connectivity index (χ2v) is 8.20. The first-order valence-electron chi connectivity index (χ1n) is 9.80. The van der Waals surface area contributed by atoms with Gasteiger partial charge in [-0.05, 0) is 73.9 Å². The minimum Gasteiger partial charge on any atom is -0.495 e. The van der Waals surface area contributed by atoms with Crippen LogP contribution in [0.5, 0.6) is 5.75 Å². The van der Waals surface area contributed by atoms with Crippen molar-refractivity contribution in [2.24, 2.45) is 0 Å². The number of methoxy groups -OCH3 is 1. The molecule has 2 aromatic carbocycles. The fraction of sp³-hybridized carbons (Fsp3) is 0.208. The van der Waals surface area contributed by atoms with Crippen molar-refractivity contribution >= 4 is 29.3 Å². The van der Waals surface area contributed by atoms with Crippen LogP contribution in [0.1, 0.15) is 27.0 Å². The number of benzene rings is 2. The number of pyridine rings is 1. The molecule has 2 amide bonds. The molecule has 0 radical (unpaired) electrons. The molecule has 0 saturated heterocycles. The quantitative estimate of drug-likeness (QED) is 0.570. The first-order chi connectivity index (χ1) is 14.9. The number of aryl methyl sites for hydroxylation is 3. The molecular weight excluding hydrogens is 410 g/mol. The highest BCUT2D eigenvalue weighted by Crippen LogP contribution is 2.30. The standard InChI is InChI=1S/C24H25N3O3S/c1-15-7-10-21(30-4)20(12-15)27-22(28)14-26-23(29)19-6-5-11-25-24(19)31-18-9-8-16(2)17(3)13-18/h5-13H,14H2,1-4H3,(H,26,29)(H,27,28). The van der Waals surface area contributed by atoms with E-state index in [9.17, 15) is 9.59 Å². The number of hydrogen-bond acceptors (Lipinski definition) is 5. The molecule has 0 fully saturated rings. The van der Waals surface area contributed by atoms with Gasteiger partial charge in [0.15, 0.2) is 0 Å². The summed E-state index contributed by atoms with van der Waals surface area (Å²) in [5.74, 6) is -0.139. The summed E-state index contributed by atoms with van der Waals surface area (Å²) in [7, 11) is 1.54. The zero-order valence-corrected chi connectivity index (χ0v) is 18.8. The number of carbonyl (C=O) groups excluding carboxylic acids is 2. The van der Waals surface area contributed by atoms with E-state index >= 15 is 0 Å². The maximum absolute atomic E-state index is 12.7. The lowest BCUT2D eigenvalue weighted by atomic mass is 10.1. The summed E-state index contributed by atoms with van der Waals surface area (Å²) in [6, 6.07) is 15.0. The van der Waals surface area contributed by atoms with Crippen LogP contribution in [0.2, 0.25) is 0 Å². The Morgan fingerprint density at radius 2 is 1.84 bits per heavy atom. The van der Waals surface area contributed by atoms with Crippen LogP contribution < -0.4 is 15.4 Å². The molecule has 0 spiro atoms. The monoisotopic (exact) mass is 435 g/mol. The molecule has 0 unspecified atom stereocenters. The second-order valence-electron chi connectivity index (χ2n) is 7.14. The molecule has 0 aliphatic rings. The lowest BCUT2D eigenvalue weighted by molar-refractivity contribution is -0.115. The van der Waals surface area contributed by atoms with Crippen molar-refractivity contribution in [2.75, 3.05) is 19.0 Å². The van der Waals surface area contributed by atoms with Crippen LogP contribution in [0.3, 0.4) is 0 Å². The smallest absolute Gasteiger partial charge is 0.254 e. The largest absolute Gasteiger partial charge is 0.495 e. The van der Waals surface area contributed by atoms with Crippen LogP contribution in [0.25, 0.3) is 0 Å². The van der Waals surface area contributed by atoms with E-state index in [-0.39, 0.29) is 18.4 Å². The predicted octanol–water partition coefficient (Wildman–Crippen LogP) is 4.54. The Balaban J connectivity index is 1.66. The van der Waals surface area contributed by atoms with Gasteiger partial charge in [0.05, 0.1) is 24.9 Å². The van der Waals surface area contributed by atoms with E-state index in [1.54, 1.807) is 31.5 Å². The van der Waals surface area contributed by atoms with Gasteiger partial charge in [-0.2, -0.15) is 0 Å². The molecule has 0 aliphatic carbocycles. The van der Waals surface area contributed by atoms with Crippen molar-refractivity contribution in [2.45, 2.75) is 30.7 Å². The number of rotatable bonds is 7. The first-order valence-corrected chi connectivity index (χ1v) is 10.6. The Morgan fingerprint density at radius 3 is 2.58 bits per heavy atom. The molecule has 2 N–H and O–H groups in total. The van der Waals surface area contributed by atoms with Gasteiger partial charge in [-0.3, -0.25) is 9.59 Å². The number of hydrogen-bond donors (Lipinski definition) is 2. The highest BCUT2D eigenvalue weighted by atomic mass is 32.2. The van der Waals surface area contributed by atoms with Crippen molar-refractivity contribution in [3.63, 3.8) is 0 Å². The van der Waals surface area contributed by atoms with Gasteiger partial charge >= 0.3 is 0 Å². The Labute approximate surface area is 186 Å². The van der Waals surface area contributed by atoms with E-state index < -0.39 is 0 Å². The number of amides is 2. The lowest BCUT2D eigenvalue weighted by Crippen LogP contribution is -2.33. The van der Waals surface area contributed by atoms with Gasteiger partial charge in [0.2, 0.25) is 5.91 Å². The predicted molar refractivity (Wildman–Crippen MR) is 123 cm³/mol. The number of nitrogens with one attached hydrogen (secondary N) is 2. The van der Waals surface area contributed by atoms with Crippen molar-refractivity contribution in [3.8, 4) is 5.75 Å². The van der Waals surface area contributed by atoms with Crippen molar-refractivity contribution in [1.29, 1.82) is 0 Å². The first kappa shape index (κ1) is 22.4. The summed E-state index contributed by atoms with van der Waals surface area (Å²) in [5, 5.41) is 6.04. The average molecular weight is 436 g/mol. The van der Waals surface area contributed by atoms with Gasteiger partial charge in [0.1, 0.15) is 10.8 Å². The zero-order valence-electron chi connectivity index (χ0n) is 18.0. The molecule has 0 bridgehead atoms. The molecule has 3 rings (SSSR count). The Kier molecular flexibility index (Phi) is 7.31. The van der Waals surface area contributed by atoms with E-state index in [0.29, 0.717) is 22.0 Å². The fourth-order valence-corrected chi connectivity index (χ4v) is 3.88. The van der Waals surface area contributed by atoms with Gasteiger partial charge in [-0.15, -0.1) is 0 Å². The minimum atomic E-state index is -0.356. The van der Waals surface area contributed by atoms with E-state index in [2.05, 4.69) is 28.6 Å². The summed E-state index contributed by atoms with van der Waals surface area (Å²) in [6.45, 7) is 5.86. The summed E-state index contributed by atoms with van der Waals surface area (Å²) in [5.41, 5.74) is 4.36. The normalized spacial score (nSPS) is 10.5. The van der Waals surface area contributed by atoms with Gasteiger partial charge in [-0.25, -0.2) is 4.98 Å². The van der Waals surface area contributed by atoms with Crippen LogP contribution in [0.15, 0.2) is 64.6 Å². The second kappa shape index (κ2) is 10.1. The third kappa shape index (κ3) is 5.86.